The Morgan fingerprint density at radius 2 is 1.88 bits per heavy atom. The molecule has 0 aromatic carbocycles. The summed E-state index contributed by atoms with van der Waals surface area (Å²) in [6.07, 6.45) is 10.9. The third-order valence-corrected chi connectivity index (χ3v) is 5.00. The average Bonchev–Trinajstić information content (AvgIpc) is 2.66. The summed E-state index contributed by atoms with van der Waals surface area (Å²) in [5.74, 6) is 6.76. The highest BCUT2D eigenvalue weighted by Crippen LogP contribution is 2.41. The minimum atomic E-state index is 0.324. The molecule has 0 aromatic rings. The zero-order chi connectivity index (χ0) is 11.6. The Labute approximate surface area is 99.7 Å². The van der Waals surface area contributed by atoms with Gasteiger partial charge in [0.2, 0.25) is 0 Å². The van der Waals surface area contributed by atoms with Gasteiger partial charge < -0.3 is 4.90 Å². The van der Waals surface area contributed by atoms with Crippen molar-refractivity contribution in [2.75, 3.05) is 14.1 Å². The van der Waals surface area contributed by atoms with E-state index in [4.69, 9.17) is 5.84 Å². The van der Waals surface area contributed by atoms with Crippen LogP contribution in [0.25, 0.3) is 0 Å². The van der Waals surface area contributed by atoms with Crippen molar-refractivity contribution in [2.24, 2.45) is 11.8 Å². The van der Waals surface area contributed by atoms with Crippen LogP contribution in [0.5, 0.6) is 0 Å². The van der Waals surface area contributed by atoms with Crippen molar-refractivity contribution in [3.63, 3.8) is 0 Å². The summed E-state index contributed by atoms with van der Waals surface area (Å²) in [5, 5.41) is 0. The van der Waals surface area contributed by atoms with Crippen molar-refractivity contribution in [1.82, 2.24) is 10.3 Å². The molecule has 3 nitrogen and oxygen atoms in total. The Bertz CT molecular complexity index is 217. The molecule has 0 amide bonds. The smallest absolute Gasteiger partial charge is 0.0397 e. The predicted molar refractivity (Wildman–Crippen MR) is 68.0 cm³/mol. The Morgan fingerprint density at radius 3 is 2.25 bits per heavy atom. The molecule has 94 valence electrons. The Morgan fingerprint density at radius 1 is 1.25 bits per heavy atom. The fourth-order valence-electron chi connectivity index (χ4n) is 3.60. The zero-order valence-electron chi connectivity index (χ0n) is 10.8. The molecule has 0 heterocycles. The van der Waals surface area contributed by atoms with Crippen LogP contribution in [-0.2, 0) is 0 Å². The number of nitrogens with two attached hydrogens (primary N) is 1. The van der Waals surface area contributed by atoms with Gasteiger partial charge in [0.05, 0.1) is 0 Å². The summed E-state index contributed by atoms with van der Waals surface area (Å²) in [7, 11) is 4.44. The lowest BCUT2D eigenvalue weighted by atomic mass is 9.75. The molecule has 2 fully saturated rings. The highest BCUT2D eigenvalue weighted by Gasteiger charge is 2.43. The van der Waals surface area contributed by atoms with Crippen molar-refractivity contribution < 1.29 is 0 Å². The first-order chi connectivity index (χ1) is 7.69. The van der Waals surface area contributed by atoms with E-state index in [-0.39, 0.29) is 0 Å². The quantitative estimate of drug-likeness (QED) is 0.554. The van der Waals surface area contributed by atoms with Crippen molar-refractivity contribution >= 4 is 0 Å². The van der Waals surface area contributed by atoms with Gasteiger partial charge in [0.1, 0.15) is 0 Å². The summed E-state index contributed by atoms with van der Waals surface area (Å²) in [5.41, 5.74) is 3.45. The molecule has 16 heavy (non-hydrogen) atoms. The number of hydrogen-bond donors (Lipinski definition) is 2. The van der Waals surface area contributed by atoms with Gasteiger partial charge >= 0.3 is 0 Å². The molecule has 2 aliphatic carbocycles. The molecule has 0 aromatic heterocycles. The van der Waals surface area contributed by atoms with Gasteiger partial charge in [-0.05, 0) is 39.3 Å². The molecule has 0 radical (unpaired) electrons. The van der Waals surface area contributed by atoms with E-state index >= 15 is 0 Å². The lowest BCUT2D eigenvalue weighted by Gasteiger charge is -2.45. The molecule has 0 spiro atoms. The summed E-state index contributed by atoms with van der Waals surface area (Å²) in [6.45, 7) is 0. The second kappa shape index (κ2) is 5.03. The molecule has 0 saturated heterocycles. The standard InChI is InChI=1S/C13H27N3/c1-16(2)13(8-3-4-9-13)12(15-14)10-11-6-5-7-11/h11-12,15H,3-10,14H2,1-2H3. The van der Waals surface area contributed by atoms with E-state index in [2.05, 4.69) is 24.4 Å². The van der Waals surface area contributed by atoms with Gasteiger partial charge in [-0.15, -0.1) is 0 Å². The second-order valence-electron chi connectivity index (χ2n) is 5.96. The van der Waals surface area contributed by atoms with E-state index in [1.165, 1.54) is 51.4 Å². The van der Waals surface area contributed by atoms with E-state index in [9.17, 15) is 0 Å². The number of nitrogens with one attached hydrogen (secondary N) is 1. The fourth-order valence-corrected chi connectivity index (χ4v) is 3.60. The third kappa shape index (κ3) is 2.13. The van der Waals surface area contributed by atoms with E-state index in [0.29, 0.717) is 11.6 Å². The lowest BCUT2D eigenvalue weighted by molar-refractivity contribution is 0.0809. The van der Waals surface area contributed by atoms with Gasteiger partial charge in [-0.1, -0.05) is 32.1 Å². The topological polar surface area (TPSA) is 41.3 Å². The van der Waals surface area contributed by atoms with Crippen LogP contribution >= 0.6 is 0 Å². The van der Waals surface area contributed by atoms with Crippen molar-refractivity contribution in [1.29, 1.82) is 0 Å². The van der Waals surface area contributed by atoms with Crippen LogP contribution < -0.4 is 11.3 Å². The first kappa shape index (κ1) is 12.3. The van der Waals surface area contributed by atoms with Crippen LogP contribution in [0.15, 0.2) is 0 Å². The zero-order valence-corrected chi connectivity index (χ0v) is 10.8. The number of nitrogens with zero attached hydrogens (tertiary/aromatic N) is 1. The maximum atomic E-state index is 5.83. The van der Waals surface area contributed by atoms with Crippen LogP contribution in [0, 0.1) is 5.92 Å². The van der Waals surface area contributed by atoms with Gasteiger partial charge in [0.15, 0.2) is 0 Å². The van der Waals surface area contributed by atoms with E-state index < -0.39 is 0 Å². The first-order valence-electron chi connectivity index (χ1n) is 6.82. The van der Waals surface area contributed by atoms with Gasteiger partial charge in [0, 0.05) is 11.6 Å². The Balaban J connectivity index is 2.03. The first-order valence-corrected chi connectivity index (χ1v) is 6.82. The third-order valence-electron chi connectivity index (χ3n) is 5.00. The maximum absolute atomic E-state index is 5.83. The van der Waals surface area contributed by atoms with Crippen LogP contribution in [0.2, 0.25) is 0 Å². The highest BCUT2D eigenvalue weighted by atomic mass is 15.3. The van der Waals surface area contributed by atoms with Crippen LogP contribution in [0.4, 0.5) is 0 Å². The molecule has 2 saturated carbocycles. The number of hydrogen-bond acceptors (Lipinski definition) is 3. The van der Waals surface area contributed by atoms with Crippen LogP contribution in [-0.4, -0.2) is 30.6 Å². The molecular weight excluding hydrogens is 198 g/mol. The molecule has 1 unspecified atom stereocenters. The molecule has 0 aliphatic heterocycles. The van der Waals surface area contributed by atoms with E-state index in [1.54, 1.807) is 0 Å². The summed E-state index contributed by atoms with van der Waals surface area (Å²) in [6, 6.07) is 0.482. The molecule has 3 heteroatoms. The molecule has 2 rings (SSSR count). The monoisotopic (exact) mass is 225 g/mol. The van der Waals surface area contributed by atoms with Gasteiger partial charge in [-0.2, -0.15) is 0 Å². The molecule has 1 atom stereocenters. The number of rotatable bonds is 5. The second-order valence-corrected chi connectivity index (χ2v) is 5.96. The molecular formula is C13H27N3. The summed E-state index contributed by atoms with van der Waals surface area (Å²) in [4.78, 5) is 2.42. The molecule has 2 aliphatic rings. The minimum absolute atomic E-state index is 0.324. The maximum Gasteiger partial charge on any atom is 0.0397 e. The van der Waals surface area contributed by atoms with Crippen molar-refractivity contribution in [2.45, 2.75) is 62.9 Å². The molecule has 3 N–H and O–H groups in total. The van der Waals surface area contributed by atoms with Crippen LogP contribution in [0.3, 0.4) is 0 Å². The predicted octanol–water partition coefficient (Wildman–Crippen LogP) is 1.88. The largest absolute Gasteiger partial charge is 0.302 e. The minimum Gasteiger partial charge on any atom is -0.302 e. The van der Waals surface area contributed by atoms with Crippen molar-refractivity contribution in [3.05, 3.63) is 0 Å². The van der Waals surface area contributed by atoms with Crippen LogP contribution in [0.1, 0.15) is 51.4 Å². The Hall–Kier alpha value is -0.120. The summed E-state index contributed by atoms with van der Waals surface area (Å²) >= 11 is 0. The van der Waals surface area contributed by atoms with Crippen molar-refractivity contribution in [3.8, 4) is 0 Å². The fraction of sp³-hybridized carbons (Fsp3) is 1.00. The lowest BCUT2D eigenvalue weighted by Crippen LogP contribution is -2.60. The highest BCUT2D eigenvalue weighted by molar-refractivity contribution is 5.02. The number of hydrazine groups is 1. The van der Waals surface area contributed by atoms with E-state index in [0.717, 1.165) is 5.92 Å². The van der Waals surface area contributed by atoms with Gasteiger partial charge in [-0.25, -0.2) is 0 Å². The Kier molecular flexibility index (Phi) is 3.88. The van der Waals surface area contributed by atoms with E-state index in [1.807, 2.05) is 0 Å². The SMILES string of the molecule is CN(C)C1(C(CC2CCC2)NN)CCCC1. The normalized spacial score (nSPS) is 27.0. The van der Waals surface area contributed by atoms with Gasteiger partial charge in [0.25, 0.3) is 0 Å². The number of likely N-dealkylation sites (N-methyl/N-ethyl adjacent to an activating group) is 1. The average molecular weight is 225 g/mol. The van der Waals surface area contributed by atoms with Gasteiger partial charge in [-0.3, -0.25) is 11.3 Å². The molecule has 0 bridgehead atoms. The summed E-state index contributed by atoms with van der Waals surface area (Å²) < 4.78 is 0.